The maximum atomic E-state index is 10.5. The molecule has 0 aromatic heterocycles. The molecule has 0 spiro atoms. The van der Waals surface area contributed by atoms with Crippen molar-refractivity contribution in [3.8, 4) is 0 Å². The van der Waals surface area contributed by atoms with E-state index in [1.165, 1.54) is 12.8 Å². The predicted octanol–water partition coefficient (Wildman–Crippen LogP) is 2.35. The van der Waals surface area contributed by atoms with Crippen molar-refractivity contribution in [1.82, 2.24) is 0 Å². The Hall–Kier alpha value is -0.0800. The molecular weight excluding hydrogens is 176 g/mol. The van der Waals surface area contributed by atoms with Crippen LogP contribution in [0.1, 0.15) is 45.4 Å². The van der Waals surface area contributed by atoms with Crippen molar-refractivity contribution in [3.63, 3.8) is 0 Å². The highest BCUT2D eigenvalue weighted by atomic mass is 16.5. The summed E-state index contributed by atoms with van der Waals surface area (Å²) in [7, 11) is 0. The summed E-state index contributed by atoms with van der Waals surface area (Å²) in [4.78, 5) is 0. The van der Waals surface area contributed by atoms with Crippen LogP contribution in [-0.2, 0) is 4.74 Å². The zero-order valence-corrected chi connectivity index (χ0v) is 9.17. The molecule has 1 aliphatic heterocycles. The van der Waals surface area contributed by atoms with Crippen molar-refractivity contribution in [2.24, 2.45) is 11.8 Å². The lowest BCUT2D eigenvalue weighted by Crippen LogP contribution is -2.35. The molecular formula is C12H22O2. The molecule has 0 aromatic rings. The van der Waals surface area contributed by atoms with Crippen LogP contribution in [0.3, 0.4) is 0 Å². The topological polar surface area (TPSA) is 29.5 Å². The highest BCUT2D eigenvalue weighted by molar-refractivity contribution is 4.91. The molecule has 2 fully saturated rings. The zero-order valence-electron chi connectivity index (χ0n) is 9.17. The van der Waals surface area contributed by atoms with Gasteiger partial charge in [-0.15, -0.1) is 0 Å². The standard InChI is InChI=1S/C12H22O2/c1-10-3-2-6-12(10,13)9-11-4-7-14-8-5-11/h10-11,13H,2-9H2,1H3. The molecule has 0 radical (unpaired) electrons. The summed E-state index contributed by atoms with van der Waals surface area (Å²) < 4.78 is 5.34. The second kappa shape index (κ2) is 4.19. The van der Waals surface area contributed by atoms with Gasteiger partial charge >= 0.3 is 0 Å². The van der Waals surface area contributed by atoms with E-state index in [9.17, 15) is 5.11 Å². The third kappa shape index (κ3) is 2.12. The minimum absolute atomic E-state index is 0.345. The molecule has 0 aromatic carbocycles. The highest BCUT2D eigenvalue weighted by Gasteiger charge is 2.39. The van der Waals surface area contributed by atoms with Crippen LogP contribution in [0.2, 0.25) is 0 Å². The SMILES string of the molecule is CC1CCCC1(O)CC1CCOCC1. The van der Waals surface area contributed by atoms with Crippen molar-refractivity contribution in [1.29, 1.82) is 0 Å². The minimum Gasteiger partial charge on any atom is -0.390 e. The largest absolute Gasteiger partial charge is 0.390 e. The first-order chi connectivity index (χ1) is 6.71. The van der Waals surface area contributed by atoms with E-state index < -0.39 is 0 Å². The van der Waals surface area contributed by atoms with E-state index >= 15 is 0 Å². The van der Waals surface area contributed by atoms with E-state index in [0.717, 1.165) is 38.9 Å². The van der Waals surface area contributed by atoms with Gasteiger partial charge in [0.15, 0.2) is 0 Å². The third-order valence-electron chi connectivity index (χ3n) is 4.15. The van der Waals surface area contributed by atoms with Gasteiger partial charge in [0.1, 0.15) is 0 Å². The summed E-state index contributed by atoms with van der Waals surface area (Å²) in [5, 5.41) is 10.5. The summed E-state index contributed by atoms with van der Waals surface area (Å²) in [5.74, 6) is 1.21. The van der Waals surface area contributed by atoms with Gasteiger partial charge in [0.25, 0.3) is 0 Å². The Kier molecular flexibility index (Phi) is 3.13. The first-order valence-corrected chi connectivity index (χ1v) is 6.01. The Morgan fingerprint density at radius 2 is 2.00 bits per heavy atom. The number of rotatable bonds is 2. The molecule has 14 heavy (non-hydrogen) atoms. The van der Waals surface area contributed by atoms with Gasteiger partial charge in [-0.3, -0.25) is 0 Å². The molecule has 1 N–H and O–H groups in total. The van der Waals surface area contributed by atoms with Crippen LogP contribution >= 0.6 is 0 Å². The Bertz CT molecular complexity index is 187. The van der Waals surface area contributed by atoms with Gasteiger partial charge in [0.05, 0.1) is 5.60 Å². The normalized spacial score (nSPS) is 40.3. The summed E-state index contributed by atoms with van der Waals surface area (Å²) in [6, 6.07) is 0. The smallest absolute Gasteiger partial charge is 0.0675 e. The first-order valence-electron chi connectivity index (χ1n) is 6.01. The molecule has 0 bridgehead atoms. The minimum atomic E-state index is -0.345. The summed E-state index contributed by atoms with van der Waals surface area (Å²) in [5.41, 5.74) is -0.345. The number of aliphatic hydroxyl groups is 1. The van der Waals surface area contributed by atoms with E-state index in [-0.39, 0.29) is 5.60 Å². The molecule has 2 atom stereocenters. The molecule has 82 valence electrons. The first kappa shape index (κ1) is 10.4. The lowest BCUT2D eigenvalue weighted by Gasteiger charge is -2.33. The lowest BCUT2D eigenvalue weighted by atomic mass is 9.80. The summed E-state index contributed by atoms with van der Waals surface area (Å²) in [6.45, 7) is 4.00. The van der Waals surface area contributed by atoms with Crippen molar-refractivity contribution in [2.45, 2.75) is 51.0 Å². The van der Waals surface area contributed by atoms with Crippen LogP contribution < -0.4 is 0 Å². The Labute approximate surface area is 86.6 Å². The molecule has 0 amide bonds. The fraction of sp³-hybridized carbons (Fsp3) is 1.00. The van der Waals surface area contributed by atoms with Gasteiger partial charge in [-0.1, -0.05) is 13.3 Å². The van der Waals surface area contributed by atoms with Crippen LogP contribution in [0.4, 0.5) is 0 Å². The van der Waals surface area contributed by atoms with Gasteiger partial charge in [0.2, 0.25) is 0 Å². The predicted molar refractivity (Wildman–Crippen MR) is 56.1 cm³/mol. The molecule has 2 aliphatic rings. The van der Waals surface area contributed by atoms with Crippen molar-refractivity contribution >= 4 is 0 Å². The van der Waals surface area contributed by atoms with Crippen LogP contribution in [0.5, 0.6) is 0 Å². The number of ether oxygens (including phenoxy) is 1. The maximum absolute atomic E-state index is 10.5. The monoisotopic (exact) mass is 198 g/mol. The molecule has 2 rings (SSSR count). The number of hydrogen-bond donors (Lipinski definition) is 1. The molecule has 1 heterocycles. The average molecular weight is 198 g/mol. The van der Waals surface area contributed by atoms with Crippen LogP contribution in [0, 0.1) is 11.8 Å². The summed E-state index contributed by atoms with van der Waals surface area (Å²) in [6.07, 6.45) is 6.74. The van der Waals surface area contributed by atoms with E-state index in [1.807, 2.05) is 0 Å². The molecule has 1 saturated heterocycles. The fourth-order valence-electron chi connectivity index (χ4n) is 2.98. The highest BCUT2D eigenvalue weighted by Crippen LogP contribution is 2.41. The van der Waals surface area contributed by atoms with E-state index in [2.05, 4.69) is 6.92 Å². The van der Waals surface area contributed by atoms with E-state index in [0.29, 0.717) is 11.8 Å². The van der Waals surface area contributed by atoms with Gasteiger partial charge in [-0.2, -0.15) is 0 Å². The Balaban J connectivity index is 1.88. The molecule has 2 nitrogen and oxygen atoms in total. The molecule has 2 heteroatoms. The lowest BCUT2D eigenvalue weighted by molar-refractivity contribution is -0.0330. The second-order valence-corrected chi connectivity index (χ2v) is 5.16. The fourth-order valence-corrected chi connectivity index (χ4v) is 2.98. The van der Waals surface area contributed by atoms with Gasteiger partial charge in [-0.05, 0) is 43.9 Å². The Morgan fingerprint density at radius 1 is 1.29 bits per heavy atom. The van der Waals surface area contributed by atoms with Crippen LogP contribution in [0.25, 0.3) is 0 Å². The molecule has 1 aliphatic carbocycles. The second-order valence-electron chi connectivity index (χ2n) is 5.16. The summed E-state index contributed by atoms with van der Waals surface area (Å²) >= 11 is 0. The van der Waals surface area contributed by atoms with Gasteiger partial charge < -0.3 is 9.84 Å². The molecule has 1 saturated carbocycles. The maximum Gasteiger partial charge on any atom is 0.0675 e. The average Bonchev–Trinajstić information content (AvgIpc) is 2.48. The quantitative estimate of drug-likeness (QED) is 0.738. The zero-order chi connectivity index (χ0) is 10.0. The van der Waals surface area contributed by atoms with E-state index in [1.54, 1.807) is 0 Å². The Morgan fingerprint density at radius 3 is 2.57 bits per heavy atom. The van der Waals surface area contributed by atoms with Crippen LogP contribution in [-0.4, -0.2) is 23.9 Å². The van der Waals surface area contributed by atoms with Crippen molar-refractivity contribution in [2.75, 3.05) is 13.2 Å². The van der Waals surface area contributed by atoms with Gasteiger partial charge in [0, 0.05) is 13.2 Å². The van der Waals surface area contributed by atoms with E-state index in [4.69, 9.17) is 4.74 Å². The third-order valence-corrected chi connectivity index (χ3v) is 4.15. The molecule has 2 unspecified atom stereocenters. The van der Waals surface area contributed by atoms with Crippen molar-refractivity contribution < 1.29 is 9.84 Å². The van der Waals surface area contributed by atoms with Crippen molar-refractivity contribution in [3.05, 3.63) is 0 Å². The van der Waals surface area contributed by atoms with Gasteiger partial charge in [-0.25, -0.2) is 0 Å². The number of hydrogen-bond acceptors (Lipinski definition) is 2. The van der Waals surface area contributed by atoms with Crippen LogP contribution in [0.15, 0.2) is 0 Å².